The van der Waals surface area contributed by atoms with Gasteiger partial charge in [-0.3, -0.25) is 14.5 Å². The molecule has 114 valence electrons. The Bertz CT molecular complexity index is 711. The van der Waals surface area contributed by atoms with E-state index in [0.717, 1.165) is 24.2 Å². The number of hydrogen-bond donors (Lipinski definition) is 1. The smallest absolute Gasteiger partial charge is 0.230 e. The van der Waals surface area contributed by atoms with Crippen molar-refractivity contribution in [2.45, 2.75) is 26.2 Å². The van der Waals surface area contributed by atoms with Crippen LogP contribution >= 0.6 is 11.3 Å². The fourth-order valence-corrected chi connectivity index (χ4v) is 3.29. The highest BCUT2D eigenvalue weighted by molar-refractivity contribution is 7.14. The molecule has 1 N–H and O–H groups in total. The number of aryl methyl sites for hydroxylation is 1. The number of para-hydroxylation sites is 1. The highest BCUT2D eigenvalue weighted by Gasteiger charge is 2.24. The van der Waals surface area contributed by atoms with Crippen molar-refractivity contribution >= 4 is 34.0 Å². The molecule has 0 bridgehead atoms. The number of hydrogen-bond acceptors (Lipinski definition) is 4. The van der Waals surface area contributed by atoms with Crippen LogP contribution in [0.3, 0.4) is 0 Å². The van der Waals surface area contributed by atoms with E-state index in [-0.39, 0.29) is 18.2 Å². The average molecular weight is 315 g/mol. The summed E-state index contributed by atoms with van der Waals surface area (Å²) in [6.07, 6.45) is 1.68. The first kappa shape index (κ1) is 14.7. The lowest BCUT2D eigenvalue weighted by molar-refractivity contribution is -0.117. The lowest BCUT2D eigenvalue weighted by Gasteiger charge is -2.10. The molecule has 1 saturated heterocycles. The number of amides is 2. The molecule has 2 aromatic rings. The molecule has 1 aliphatic rings. The normalized spacial score (nSPS) is 14.4. The number of carbonyl (C=O) groups is 2. The van der Waals surface area contributed by atoms with Crippen LogP contribution in [0.5, 0.6) is 0 Å². The van der Waals surface area contributed by atoms with Gasteiger partial charge in [0.25, 0.3) is 0 Å². The third-order valence-corrected chi connectivity index (χ3v) is 4.52. The summed E-state index contributed by atoms with van der Waals surface area (Å²) in [7, 11) is 0. The van der Waals surface area contributed by atoms with Crippen molar-refractivity contribution in [2.24, 2.45) is 0 Å². The van der Waals surface area contributed by atoms with Gasteiger partial charge in [0.05, 0.1) is 12.1 Å². The zero-order chi connectivity index (χ0) is 15.5. The summed E-state index contributed by atoms with van der Waals surface area (Å²) in [5, 5.41) is 5.43. The molecule has 2 amide bonds. The van der Waals surface area contributed by atoms with Crippen molar-refractivity contribution in [3.8, 4) is 0 Å². The monoisotopic (exact) mass is 315 g/mol. The largest absolute Gasteiger partial charge is 0.326 e. The minimum Gasteiger partial charge on any atom is -0.326 e. The fourth-order valence-electron chi connectivity index (χ4n) is 2.42. The van der Waals surface area contributed by atoms with Crippen molar-refractivity contribution in [3.63, 3.8) is 0 Å². The Morgan fingerprint density at radius 3 is 2.95 bits per heavy atom. The summed E-state index contributed by atoms with van der Waals surface area (Å²) in [5.74, 6) is 0.0177. The van der Waals surface area contributed by atoms with Crippen molar-refractivity contribution in [1.82, 2.24) is 4.98 Å². The lowest BCUT2D eigenvalue weighted by atomic mass is 10.2. The van der Waals surface area contributed by atoms with E-state index < -0.39 is 0 Å². The maximum absolute atomic E-state index is 12.1. The summed E-state index contributed by atoms with van der Waals surface area (Å²) in [5.41, 5.74) is 2.54. The second-order valence-corrected chi connectivity index (χ2v) is 6.15. The van der Waals surface area contributed by atoms with Crippen molar-refractivity contribution in [2.75, 3.05) is 16.8 Å². The predicted octanol–water partition coefficient (Wildman–Crippen LogP) is 2.76. The molecule has 0 aliphatic carbocycles. The van der Waals surface area contributed by atoms with Gasteiger partial charge in [0.1, 0.15) is 0 Å². The van der Waals surface area contributed by atoms with Crippen LogP contribution in [0.4, 0.5) is 10.8 Å². The zero-order valence-electron chi connectivity index (χ0n) is 12.3. The zero-order valence-corrected chi connectivity index (χ0v) is 13.2. The Kier molecular flexibility index (Phi) is 4.20. The molecule has 2 heterocycles. The first-order valence-corrected chi connectivity index (χ1v) is 8.12. The van der Waals surface area contributed by atoms with Crippen LogP contribution in [0.2, 0.25) is 0 Å². The molecule has 1 aromatic heterocycles. The van der Waals surface area contributed by atoms with E-state index in [4.69, 9.17) is 0 Å². The van der Waals surface area contributed by atoms with E-state index in [9.17, 15) is 9.59 Å². The first-order chi connectivity index (χ1) is 10.6. The summed E-state index contributed by atoms with van der Waals surface area (Å²) in [4.78, 5) is 29.9. The predicted molar refractivity (Wildman–Crippen MR) is 87.2 cm³/mol. The van der Waals surface area contributed by atoms with Gasteiger partial charge >= 0.3 is 0 Å². The molecule has 1 aliphatic heterocycles. The molecule has 1 fully saturated rings. The molecular weight excluding hydrogens is 298 g/mol. The molecule has 0 atom stereocenters. The number of nitrogens with zero attached hydrogens (tertiary/aromatic N) is 2. The van der Waals surface area contributed by atoms with E-state index in [2.05, 4.69) is 10.3 Å². The number of rotatable bonds is 4. The summed E-state index contributed by atoms with van der Waals surface area (Å²) < 4.78 is 0. The van der Waals surface area contributed by atoms with E-state index in [1.54, 1.807) is 4.90 Å². The van der Waals surface area contributed by atoms with Gasteiger partial charge < -0.3 is 5.32 Å². The van der Waals surface area contributed by atoms with E-state index in [1.165, 1.54) is 11.3 Å². The van der Waals surface area contributed by atoms with Gasteiger partial charge in [0.2, 0.25) is 11.8 Å². The van der Waals surface area contributed by atoms with Gasteiger partial charge in [0.15, 0.2) is 5.13 Å². The highest BCUT2D eigenvalue weighted by atomic mass is 32.1. The van der Waals surface area contributed by atoms with Crippen LogP contribution in [0, 0.1) is 6.92 Å². The SMILES string of the molecule is Cc1ccccc1NC(=O)Cc1csc(N2CCCC2=O)n1. The molecule has 3 rings (SSSR count). The fraction of sp³-hybridized carbons (Fsp3) is 0.312. The number of benzene rings is 1. The minimum atomic E-state index is -0.0982. The summed E-state index contributed by atoms with van der Waals surface area (Å²) in [6, 6.07) is 7.66. The molecule has 1 aromatic carbocycles. The van der Waals surface area contributed by atoms with Crippen LogP contribution in [-0.2, 0) is 16.0 Å². The first-order valence-electron chi connectivity index (χ1n) is 7.24. The summed E-state index contributed by atoms with van der Waals surface area (Å²) in [6.45, 7) is 2.68. The van der Waals surface area contributed by atoms with E-state index in [0.29, 0.717) is 17.2 Å². The van der Waals surface area contributed by atoms with Crippen molar-refractivity contribution < 1.29 is 9.59 Å². The second kappa shape index (κ2) is 6.27. The third kappa shape index (κ3) is 3.17. The topological polar surface area (TPSA) is 62.3 Å². The van der Waals surface area contributed by atoms with Crippen LogP contribution in [0.25, 0.3) is 0 Å². The van der Waals surface area contributed by atoms with Gasteiger partial charge in [0, 0.05) is 24.0 Å². The number of nitrogens with one attached hydrogen (secondary N) is 1. The van der Waals surface area contributed by atoms with Gasteiger partial charge in [-0.15, -0.1) is 11.3 Å². The number of aromatic nitrogens is 1. The van der Waals surface area contributed by atoms with Crippen LogP contribution in [0.15, 0.2) is 29.6 Å². The maximum Gasteiger partial charge on any atom is 0.230 e. The maximum atomic E-state index is 12.1. The standard InChI is InChI=1S/C16H17N3O2S/c1-11-5-2-3-6-13(11)18-14(20)9-12-10-22-16(17-12)19-8-4-7-15(19)21/h2-3,5-6,10H,4,7-9H2,1H3,(H,18,20). The van der Waals surface area contributed by atoms with Crippen LogP contribution in [0.1, 0.15) is 24.1 Å². The highest BCUT2D eigenvalue weighted by Crippen LogP contribution is 2.25. The Morgan fingerprint density at radius 1 is 1.41 bits per heavy atom. The Balaban J connectivity index is 1.64. The van der Waals surface area contributed by atoms with Crippen molar-refractivity contribution in [3.05, 3.63) is 40.9 Å². The van der Waals surface area contributed by atoms with E-state index in [1.807, 2.05) is 36.6 Å². The number of thiazole rings is 1. The Hall–Kier alpha value is -2.21. The Labute approximate surface area is 133 Å². The number of anilines is 2. The molecule has 0 saturated carbocycles. The van der Waals surface area contributed by atoms with E-state index >= 15 is 0 Å². The lowest BCUT2D eigenvalue weighted by Crippen LogP contribution is -2.23. The number of carbonyl (C=O) groups excluding carboxylic acids is 2. The molecule has 6 heteroatoms. The molecule has 0 radical (unpaired) electrons. The molecule has 22 heavy (non-hydrogen) atoms. The third-order valence-electron chi connectivity index (χ3n) is 3.60. The van der Waals surface area contributed by atoms with Gasteiger partial charge in [-0.2, -0.15) is 0 Å². The average Bonchev–Trinajstić information content (AvgIpc) is 3.10. The van der Waals surface area contributed by atoms with Gasteiger partial charge in [-0.25, -0.2) is 4.98 Å². The van der Waals surface area contributed by atoms with Crippen LogP contribution < -0.4 is 10.2 Å². The quantitative estimate of drug-likeness (QED) is 0.943. The van der Waals surface area contributed by atoms with Crippen molar-refractivity contribution in [1.29, 1.82) is 0 Å². The molecule has 0 spiro atoms. The van der Waals surface area contributed by atoms with Gasteiger partial charge in [-0.1, -0.05) is 18.2 Å². The van der Waals surface area contributed by atoms with Gasteiger partial charge in [-0.05, 0) is 25.0 Å². The minimum absolute atomic E-state index is 0.0982. The molecule has 0 unspecified atom stereocenters. The Morgan fingerprint density at radius 2 is 2.23 bits per heavy atom. The summed E-state index contributed by atoms with van der Waals surface area (Å²) >= 11 is 1.42. The van der Waals surface area contributed by atoms with Crippen LogP contribution in [-0.4, -0.2) is 23.3 Å². The second-order valence-electron chi connectivity index (χ2n) is 5.31. The molecule has 5 nitrogen and oxygen atoms in total. The molecular formula is C16H17N3O2S.